The van der Waals surface area contributed by atoms with E-state index in [4.69, 9.17) is 0 Å². The Hall–Kier alpha value is -1.93. The van der Waals surface area contributed by atoms with E-state index >= 15 is 0 Å². The van der Waals surface area contributed by atoms with Crippen molar-refractivity contribution in [3.8, 4) is 0 Å². The van der Waals surface area contributed by atoms with Crippen LogP contribution < -0.4 is 4.72 Å². The minimum atomic E-state index is -3.69. The second-order valence-corrected chi connectivity index (χ2v) is 8.99. The van der Waals surface area contributed by atoms with E-state index in [1.54, 1.807) is 12.1 Å². The molecule has 2 aliphatic rings. The quantitative estimate of drug-likeness (QED) is 0.764. The molecular formula is C19H26N2O5S. The van der Waals surface area contributed by atoms with Crippen molar-refractivity contribution in [2.24, 2.45) is 0 Å². The standard InChI is InChI=1S/C19H26N2O5S/c22-18(21-12-4-3-7-17(21)19(23)24)10-11-20-27(25,26)16-9-8-14-5-1-2-6-15(14)13-16/h8-9,13,17,20H,1-7,10-12H2,(H,23,24). The van der Waals surface area contributed by atoms with Gasteiger partial charge < -0.3 is 10.0 Å². The number of carbonyl (C=O) groups is 2. The molecule has 2 N–H and O–H groups in total. The van der Waals surface area contributed by atoms with Crippen molar-refractivity contribution in [1.82, 2.24) is 9.62 Å². The second-order valence-electron chi connectivity index (χ2n) is 7.22. The SMILES string of the molecule is O=C(O)C1CCCCN1C(=O)CCNS(=O)(=O)c1ccc2c(c1)CCCC2. The highest BCUT2D eigenvalue weighted by molar-refractivity contribution is 7.89. The summed E-state index contributed by atoms with van der Waals surface area (Å²) in [6.07, 6.45) is 6.03. The van der Waals surface area contributed by atoms with E-state index in [1.165, 1.54) is 10.5 Å². The van der Waals surface area contributed by atoms with Crippen LogP contribution in [0.25, 0.3) is 0 Å². The largest absolute Gasteiger partial charge is 0.480 e. The molecule has 1 aliphatic heterocycles. The Morgan fingerprint density at radius 2 is 1.85 bits per heavy atom. The fraction of sp³-hybridized carbons (Fsp3) is 0.579. The number of likely N-dealkylation sites (tertiary alicyclic amines) is 1. The lowest BCUT2D eigenvalue weighted by Gasteiger charge is -2.33. The van der Waals surface area contributed by atoms with E-state index in [0.717, 1.165) is 44.1 Å². The predicted molar refractivity (Wildman–Crippen MR) is 99.9 cm³/mol. The van der Waals surface area contributed by atoms with Crippen LogP contribution in [0.3, 0.4) is 0 Å². The Morgan fingerprint density at radius 1 is 1.11 bits per heavy atom. The number of carbonyl (C=O) groups excluding carboxylic acids is 1. The molecule has 0 radical (unpaired) electrons. The van der Waals surface area contributed by atoms with Gasteiger partial charge in [0.05, 0.1) is 4.90 Å². The van der Waals surface area contributed by atoms with E-state index in [9.17, 15) is 23.1 Å². The molecule has 0 spiro atoms. The van der Waals surface area contributed by atoms with Crippen molar-refractivity contribution in [1.29, 1.82) is 0 Å². The molecule has 0 aromatic heterocycles. The Morgan fingerprint density at radius 3 is 2.59 bits per heavy atom. The number of fused-ring (bicyclic) bond motifs is 1. The zero-order valence-electron chi connectivity index (χ0n) is 15.3. The first-order valence-electron chi connectivity index (χ1n) is 9.52. The summed E-state index contributed by atoms with van der Waals surface area (Å²) < 4.78 is 27.5. The highest BCUT2D eigenvalue weighted by atomic mass is 32.2. The van der Waals surface area contributed by atoms with Gasteiger partial charge in [-0.05, 0) is 68.2 Å². The molecule has 1 fully saturated rings. The number of rotatable bonds is 6. The Balaban J connectivity index is 1.59. The van der Waals surface area contributed by atoms with Gasteiger partial charge in [0.1, 0.15) is 6.04 Å². The molecule has 1 aromatic rings. The number of amides is 1. The van der Waals surface area contributed by atoms with Crippen LogP contribution in [-0.4, -0.2) is 49.4 Å². The summed E-state index contributed by atoms with van der Waals surface area (Å²) in [4.78, 5) is 25.2. The summed E-state index contributed by atoms with van der Waals surface area (Å²) in [6.45, 7) is 0.370. The van der Waals surface area contributed by atoms with Crippen LogP contribution in [-0.2, 0) is 32.5 Å². The van der Waals surface area contributed by atoms with Gasteiger partial charge in [-0.2, -0.15) is 0 Å². The summed E-state index contributed by atoms with van der Waals surface area (Å²) in [5.74, 6) is -1.33. The van der Waals surface area contributed by atoms with Gasteiger partial charge in [0.15, 0.2) is 0 Å². The number of hydrogen-bond acceptors (Lipinski definition) is 4. The van der Waals surface area contributed by atoms with Crippen molar-refractivity contribution >= 4 is 21.9 Å². The third kappa shape index (κ3) is 4.68. The lowest BCUT2D eigenvalue weighted by molar-refractivity contribution is -0.152. The molecule has 27 heavy (non-hydrogen) atoms. The van der Waals surface area contributed by atoms with E-state index in [0.29, 0.717) is 13.0 Å². The lowest BCUT2D eigenvalue weighted by Crippen LogP contribution is -2.48. The van der Waals surface area contributed by atoms with Gasteiger partial charge in [-0.1, -0.05) is 6.07 Å². The number of carboxylic acid groups (broad SMARTS) is 1. The molecule has 0 bridgehead atoms. The molecule has 3 rings (SSSR count). The summed E-state index contributed by atoms with van der Waals surface area (Å²) in [7, 11) is -3.69. The molecule has 1 unspecified atom stereocenters. The maximum Gasteiger partial charge on any atom is 0.326 e. The molecule has 148 valence electrons. The van der Waals surface area contributed by atoms with Crippen LogP contribution in [0.2, 0.25) is 0 Å². The first-order chi connectivity index (χ1) is 12.9. The molecular weight excluding hydrogens is 368 g/mol. The summed E-state index contributed by atoms with van der Waals surface area (Å²) in [6, 6.07) is 4.41. The Bertz CT molecular complexity index is 821. The minimum Gasteiger partial charge on any atom is -0.480 e. The van der Waals surface area contributed by atoms with E-state index in [2.05, 4.69) is 4.72 Å². The van der Waals surface area contributed by atoms with Gasteiger partial charge in [0.25, 0.3) is 0 Å². The van der Waals surface area contributed by atoms with Crippen molar-refractivity contribution in [3.63, 3.8) is 0 Å². The zero-order chi connectivity index (χ0) is 19.4. The van der Waals surface area contributed by atoms with E-state index in [-0.39, 0.29) is 23.8 Å². The molecule has 0 saturated carbocycles. The van der Waals surface area contributed by atoms with Gasteiger partial charge in [-0.15, -0.1) is 0 Å². The molecule has 1 heterocycles. The van der Waals surface area contributed by atoms with Gasteiger partial charge in [0.2, 0.25) is 15.9 Å². The first kappa shape index (κ1) is 19.8. The van der Waals surface area contributed by atoms with Crippen molar-refractivity contribution in [3.05, 3.63) is 29.3 Å². The third-order valence-electron chi connectivity index (χ3n) is 5.37. The Kier molecular flexibility index (Phi) is 6.16. The van der Waals surface area contributed by atoms with Gasteiger partial charge in [-0.3, -0.25) is 4.79 Å². The number of benzene rings is 1. The fourth-order valence-electron chi connectivity index (χ4n) is 3.88. The van der Waals surface area contributed by atoms with Crippen LogP contribution in [0.1, 0.15) is 49.7 Å². The van der Waals surface area contributed by atoms with Crippen LogP contribution >= 0.6 is 0 Å². The van der Waals surface area contributed by atoms with E-state index < -0.39 is 22.0 Å². The van der Waals surface area contributed by atoms with Crippen LogP contribution in [0, 0.1) is 0 Å². The highest BCUT2D eigenvalue weighted by Gasteiger charge is 2.31. The minimum absolute atomic E-state index is 0.0406. The molecule has 1 saturated heterocycles. The summed E-state index contributed by atoms with van der Waals surface area (Å²) in [5, 5.41) is 9.25. The Labute approximate surface area is 159 Å². The smallest absolute Gasteiger partial charge is 0.326 e. The molecule has 8 heteroatoms. The number of nitrogens with zero attached hydrogens (tertiary/aromatic N) is 1. The van der Waals surface area contributed by atoms with Crippen molar-refractivity contribution in [2.75, 3.05) is 13.1 Å². The number of aliphatic carboxylic acids is 1. The molecule has 7 nitrogen and oxygen atoms in total. The summed E-state index contributed by atoms with van der Waals surface area (Å²) in [5.41, 5.74) is 2.29. The van der Waals surface area contributed by atoms with Gasteiger partial charge in [0, 0.05) is 19.5 Å². The maximum atomic E-state index is 12.5. The van der Waals surface area contributed by atoms with Crippen molar-refractivity contribution < 1.29 is 23.1 Å². The molecule has 1 atom stereocenters. The number of piperidine rings is 1. The predicted octanol–water partition coefficient (Wildman–Crippen LogP) is 1.70. The first-order valence-corrected chi connectivity index (χ1v) is 11.0. The van der Waals surface area contributed by atoms with Crippen LogP contribution in [0.15, 0.2) is 23.1 Å². The fourth-order valence-corrected chi connectivity index (χ4v) is 4.97. The van der Waals surface area contributed by atoms with E-state index in [1.807, 2.05) is 6.07 Å². The highest BCUT2D eigenvalue weighted by Crippen LogP contribution is 2.24. The number of hydrogen-bond donors (Lipinski definition) is 2. The van der Waals surface area contributed by atoms with Crippen LogP contribution in [0.5, 0.6) is 0 Å². The second kappa shape index (κ2) is 8.39. The number of nitrogens with one attached hydrogen (secondary N) is 1. The maximum absolute atomic E-state index is 12.5. The van der Waals surface area contributed by atoms with Crippen molar-refractivity contribution in [2.45, 2.75) is 62.3 Å². The van der Waals surface area contributed by atoms with Gasteiger partial charge in [-0.25, -0.2) is 17.9 Å². The molecule has 1 amide bonds. The number of sulfonamides is 1. The van der Waals surface area contributed by atoms with Crippen LogP contribution in [0.4, 0.5) is 0 Å². The normalized spacial score (nSPS) is 20.1. The third-order valence-corrected chi connectivity index (χ3v) is 6.83. The lowest BCUT2D eigenvalue weighted by atomic mass is 9.92. The zero-order valence-corrected chi connectivity index (χ0v) is 16.1. The average Bonchev–Trinajstić information content (AvgIpc) is 2.67. The molecule has 1 aliphatic carbocycles. The molecule has 1 aromatic carbocycles. The summed E-state index contributed by atoms with van der Waals surface area (Å²) >= 11 is 0. The average molecular weight is 394 g/mol. The topological polar surface area (TPSA) is 104 Å². The van der Waals surface area contributed by atoms with Gasteiger partial charge >= 0.3 is 5.97 Å². The number of carboxylic acids is 1. The monoisotopic (exact) mass is 394 g/mol. The number of aryl methyl sites for hydroxylation is 2.